The zero-order valence-electron chi connectivity index (χ0n) is 14.3. The first-order valence-electron chi connectivity index (χ1n) is 8.56. The van der Waals surface area contributed by atoms with Crippen molar-refractivity contribution in [2.24, 2.45) is 0 Å². The third-order valence-corrected chi connectivity index (χ3v) is 5.64. The normalized spacial score (nSPS) is 16.8. The molecule has 140 valence electrons. The van der Waals surface area contributed by atoms with Crippen LogP contribution in [0.5, 0.6) is 0 Å². The summed E-state index contributed by atoms with van der Waals surface area (Å²) in [5, 5.41) is 11.4. The van der Waals surface area contributed by atoms with Gasteiger partial charge in [-0.15, -0.1) is 0 Å². The van der Waals surface area contributed by atoms with Crippen molar-refractivity contribution in [3.8, 4) is 0 Å². The number of hydrogen-bond donors (Lipinski definition) is 2. The van der Waals surface area contributed by atoms with Crippen LogP contribution in [0, 0.1) is 0 Å². The number of rotatable bonds is 10. The van der Waals surface area contributed by atoms with E-state index in [9.17, 15) is 14.4 Å². The number of aliphatic carboxylic acids is 1. The molecule has 2 amide bonds. The van der Waals surface area contributed by atoms with Gasteiger partial charge >= 0.3 is 5.97 Å². The van der Waals surface area contributed by atoms with E-state index in [0.717, 1.165) is 12.8 Å². The number of thioether (sulfide) groups is 1. The molecule has 0 radical (unpaired) electrons. The Morgan fingerprint density at radius 1 is 1.19 bits per heavy atom. The van der Waals surface area contributed by atoms with Gasteiger partial charge in [0.05, 0.1) is 5.25 Å². The SMILES string of the molecule is O=C(O)CCCN1C(=O)C(CCCCNC(=O)c2ccccc2)SC1=S. The van der Waals surface area contributed by atoms with Crippen molar-refractivity contribution in [3.05, 3.63) is 35.9 Å². The molecule has 0 aromatic heterocycles. The minimum atomic E-state index is -0.871. The van der Waals surface area contributed by atoms with Crippen LogP contribution in [0.4, 0.5) is 0 Å². The van der Waals surface area contributed by atoms with E-state index in [0.29, 0.717) is 35.8 Å². The molecule has 1 fully saturated rings. The van der Waals surface area contributed by atoms with Crippen molar-refractivity contribution in [2.45, 2.75) is 37.4 Å². The predicted octanol–water partition coefficient (Wildman–Crippen LogP) is 2.68. The molecule has 1 heterocycles. The average molecular weight is 395 g/mol. The molecule has 1 saturated heterocycles. The largest absolute Gasteiger partial charge is 0.481 e. The molecule has 2 rings (SSSR count). The maximum atomic E-state index is 12.3. The molecule has 1 atom stereocenters. The molecule has 0 aliphatic carbocycles. The first-order chi connectivity index (χ1) is 12.5. The van der Waals surface area contributed by atoms with Gasteiger partial charge in [0, 0.05) is 25.1 Å². The molecule has 2 N–H and O–H groups in total. The molecule has 0 spiro atoms. The highest BCUT2D eigenvalue weighted by molar-refractivity contribution is 8.24. The van der Waals surface area contributed by atoms with Gasteiger partial charge in [-0.2, -0.15) is 0 Å². The monoisotopic (exact) mass is 394 g/mol. The lowest BCUT2D eigenvalue weighted by Gasteiger charge is -2.14. The van der Waals surface area contributed by atoms with E-state index >= 15 is 0 Å². The first kappa shape index (κ1) is 20.4. The zero-order valence-corrected chi connectivity index (χ0v) is 16.0. The van der Waals surface area contributed by atoms with E-state index < -0.39 is 5.97 Å². The van der Waals surface area contributed by atoms with Crippen LogP contribution in [-0.2, 0) is 9.59 Å². The molecule has 1 aromatic carbocycles. The van der Waals surface area contributed by atoms with Crippen LogP contribution < -0.4 is 5.32 Å². The molecule has 1 aromatic rings. The number of thiocarbonyl (C=S) groups is 1. The van der Waals surface area contributed by atoms with Crippen molar-refractivity contribution >= 4 is 46.1 Å². The van der Waals surface area contributed by atoms with E-state index in [4.69, 9.17) is 17.3 Å². The Balaban J connectivity index is 1.65. The van der Waals surface area contributed by atoms with Crippen molar-refractivity contribution in [2.75, 3.05) is 13.1 Å². The number of unbranched alkanes of at least 4 members (excludes halogenated alkanes) is 1. The second-order valence-electron chi connectivity index (χ2n) is 5.98. The van der Waals surface area contributed by atoms with Gasteiger partial charge in [0.25, 0.3) is 5.91 Å². The number of amides is 2. The number of hydrogen-bond acceptors (Lipinski definition) is 5. The standard InChI is InChI=1S/C18H22N2O4S2/c21-15(22)10-6-12-20-17(24)14(26-18(20)25)9-4-5-11-19-16(23)13-7-2-1-3-8-13/h1-3,7-8,14H,4-6,9-12H2,(H,19,23)(H,21,22). The van der Waals surface area contributed by atoms with Crippen LogP contribution in [0.2, 0.25) is 0 Å². The summed E-state index contributed by atoms with van der Waals surface area (Å²) in [5.41, 5.74) is 0.636. The van der Waals surface area contributed by atoms with Gasteiger partial charge in [-0.1, -0.05) is 48.6 Å². The summed E-state index contributed by atoms with van der Waals surface area (Å²) < 4.78 is 0.530. The topological polar surface area (TPSA) is 86.7 Å². The smallest absolute Gasteiger partial charge is 0.303 e. The summed E-state index contributed by atoms with van der Waals surface area (Å²) in [6.45, 7) is 0.923. The second kappa shape index (κ2) is 10.3. The van der Waals surface area contributed by atoms with E-state index in [1.807, 2.05) is 18.2 Å². The molecule has 0 saturated carbocycles. The molecule has 6 nitrogen and oxygen atoms in total. The number of carbonyl (C=O) groups is 3. The van der Waals surface area contributed by atoms with Gasteiger partial charge in [0.1, 0.15) is 4.32 Å². The highest BCUT2D eigenvalue weighted by Crippen LogP contribution is 2.30. The number of carbonyl (C=O) groups excluding carboxylic acids is 2. The lowest BCUT2D eigenvalue weighted by molar-refractivity contribution is -0.137. The highest BCUT2D eigenvalue weighted by Gasteiger charge is 2.35. The van der Waals surface area contributed by atoms with Gasteiger partial charge in [-0.25, -0.2) is 0 Å². The molecular weight excluding hydrogens is 372 g/mol. The van der Waals surface area contributed by atoms with Crippen LogP contribution in [-0.4, -0.2) is 50.5 Å². The van der Waals surface area contributed by atoms with Gasteiger partial charge < -0.3 is 10.4 Å². The zero-order chi connectivity index (χ0) is 18.9. The Hall–Kier alpha value is -1.93. The molecule has 1 aliphatic heterocycles. The van der Waals surface area contributed by atoms with E-state index in [1.165, 1.54) is 16.7 Å². The van der Waals surface area contributed by atoms with Crippen molar-refractivity contribution in [1.29, 1.82) is 0 Å². The van der Waals surface area contributed by atoms with E-state index in [1.54, 1.807) is 12.1 Å². The van der Waals surface area contributed by atoms with Gasteiger partial charge in [0.2, 0.25) is 5.91 Å². The average Bonchev–Trinajstić information content (AvgIpc) is 2.89. The highest BCUT2D eigenvalue weighted by atomic mass is 32.2. The van der Waals surface area contributed by atoms with Crippen LogP contribution in [0.1, 0.15) is 42.5 Å². The summed E-state index contributed by atoms with van der Waals surface area (Å²) in [4.78, 5) is 36.4. The third kappa shape index (κ3) is 6.10. The van der Waals surface area contributed by atoms with Gasteiger partial charge in [-0.3, -0.25) is 19.3 Å². The minimum Gasteiger partial charge on any atom is -0.481 e. The molecule has 1 unspecified atom stereocenters. The molecule has 0 bridgehead atoms. The lowest BCUT2D eigenvalue weighted by atomic mass is 10.1. The molecule has 1 aliphatic rings. The fraction of sp³-hybridized carbons (Fsp3) is 0.444. The summed E-state index contributed by atoms with van der Waals surface area (Å²) in [6, 6.07) is 9.04. The fourth-order valence-electron chi connectivity index (χ4n) is 2.62. The maximum absolute atomic E-state index is 12.3. The molecule has 8 heteroatoms. The minimum absolute atomic E-state index is 0.0290. The Kier molecular flexibility index (Phi) is 8.06. The molecule has 26 heavy (non-hydrogen) atoms. The van der Waals surface area contributed by atoms with Crippen molar-refractivity contribution in [3.63, 3.8) is 0 Å². The van der Waals surface area contributed by atoms with Gasteiger partial charge in [-0.05, 0) is 31.4 Å². The van der Waals surface area contributed by atoms with Gasteiger partial charge in [0.15, 0.2) is 0 Å². The fourth-order valence-corrected chi connectivity index (χ4v) is 4.21. The first-order valence-corrected chi connectivity index (χ1v) is 9.85. The Morgan fingerprint density at radius 2 is 1.92 bits per heavy atom. The van der Waals surface area contributed by atoms with Crippen molar-refractivity contribution < 1.29 is 19.5 Å². The van der Waals surface area contributed by atoms with Crippen molar-refractivity contribution in [1.82, 2.24) is 10.2 Å². The lowest BCUT2D eigenvalue weighted by Crippen LogP contribution is -2.32. The summed E-state index contributed by atoms with van der Waals surface area (Å²) in [5.74, 6) is -0.995. The predicted molar refractivity (Wildman–Crippen MR) is 105 cm³/mol. The Morgan fingerprint density at radius 3 is 2.62 bits per heavy atom. The molecular formula is C18H22N2O4S2. The number of carboxylic acid groups (broad SMARTS) is 1. The Labute approximate surface area is 162 Å². The quantitative estimate of drug-likeness (QED) is 0.469. The van der Waals surface area contributed by atoms with Crippen LogP contribution in [0.25, 0.3) is 0 Å². The Bertz CT molecular complexity index is 666. The number of nitrogens with one attached hydrogen (secondary N) is 1. The van der Waals surface area contributed by atoms with Crippen LogP contribution in [0.15, 0.2) is 30.3 Å². The number of benzene rings is 1. The summed E-state index contributed by atoms with van der Waals surface area (Å²) in [7, 11) is 0. The maximum Gasteiger partial charge on any atom is 0.303 e. The summed E-state index contributed by atoms with van der Waals surface area (Å²) >= 11 is 6.60. The third-order valence-electron chi connectivity index (χ3n) is 3.99. The second-order valence-corrected chi connectivity index (χ2v) is 7.81. The number of carboxylic acids is 1. The van der Waals surface area contributed by atoms with Crippen LogP contribution in [0.3, 0.4) is 0 Å². The van der Waals surface area contributed by atoms with Crippen LogP contribution >= 0.6 is 24.0 Å². The van der Waals surface area contributed by atoms with E-state index in [2.05, 4.69) is 5.32 Å². The van der Waals surface area contributed by atoms with E-state index in [-0.39, 0.29) is 23.5 Å². The number of nitrogens with zero attached hydrogens (tertiary/aromatic N) is 1. The summed E-state index contributed by atoms with van der Waals surface area (Å²) in [6.07, 6.45) is 2.72.